The molecule has 3 aromatic rings. The fraction of sp³-hybridized carbons (Fsp3) is 0.143. The molecule has 0 bridgehead atoms. The number of hydrogen-bond donors (Lipinski definition) is 0. The predicted octanol–water partition coefficient (Wildman–Crippen LogP) is 3.53. The highest BCUT2D eigenvalue weighted by atomic mass is 15.1. The van der Waals surface area contributed by atoms with E-state index >= 15 is 0 Å². The van der Waals surface area contributed by atoms with Crippen molar-refractivity contribution < 1.29 is 0 Å². The second kappa shape index (κ2) is 7.34. The van der Waals surface area contributed by atoms with Gasteiger partial charge < -0.3 is 4.57 Å². The van der Waals surface area contributed by atoms with Gasteiger partial charge in [0.2, 0.25) is 0 Å². The molecule has 2 aromatic carbocycles. The first kappa shape index (κ1) is 17.0. The summed E-state index contributed by atoms with van der Waals surface area (Å²) in [7, 11) is 0. The molecular weight excluding hydrogens is 322 g/mol. The van der Waals surface area contributed by atoms with Crippen LogP contribution in [0.5, 0.6) is 0 Å². The zero-order valence-corrected chi connectivity index (χ0v) is 14.0. The Morgan fingerprint density at radius 3 is 1.88 bits per heavy atom. The molecule has 0 N–H and O–H groups in total. The van der Waals surface area contributed by atoms with Gasteiger partial charge in [-0.25, -0.2) is 4.98 Å². The largest absolute Gasteiger partial charge is 0.321 e. The van der Waals surface area contributed by atoms with Gasteiger partial charge in [-0.2, -0.15) is 15.8 Å². The molecule has 0 unspecified atom stereocenters. The second-order valence-electron chi connectivity index (χ2n) is 5.86. The topological polar surface area (TPSA) is 89.2 Å². The summed E-state index contributed by atoms with van der Waals surface area (Å²) in [6.45, 7) is 0.398. The van der Waals surface area contributed by atoms with Crippen LogP contribution >= 0.6 is 0 Å². The molecule has 0 aliphatic rings. The summed E-state index contributed by atoms with van der Waals surface area (Å²) in [6.07, 6.45) is 1.93. The van der Waals surface area contributed by atoms with Gasteiger partial charge in [-0.3, -0.25) is 0 Å². The Kier molecular flexibility index (Phi) is 4.79. The van der Waals surface area contributed by atoms with E-state index in [-0.39, 0.29) is 11.4 Å². The van der Waals surface area contributed by atoms with Gasteiger partial charge in [0.25, 0.3) is 0 Å². The number of aryl methyl sites for hydroxylation is 1. The fourth-order valence-electron chi connectivity index (χ4n) is 3.12. The van der Waals surface area contributed by atoms with Crippen molar-refractivity contribution in [1.82, 2.24) is 9.55 Å². The van der Waals surface area contributed by atoms with E-state index in [1.807, 2.05) is 72.8 Å². The van der Waals surface area contributed by atoms with Gasteiger partial charge in [0.1, 0.15) is 17.6 Å². The van der Waals surface area contributed by atoms with E-state index in [1.54, 1.807) is 4.57 Å². The molecule has 0 amide bonds. The molecule has 0 aliphatic heterocycles. The quantitative estimate of drug-likeness (QED) is 0.712. The van der Waals surface area contributed by atoms with Crippen molar-refractivity contribution in [2.75, 3.05) is 0 Å². The lowest BCUT2D eigenvalue weighted by atomic mass is 9.73. The van der Waals surface area contributed by atoms with Crippen LogP contribution in [-0.4, -0.2) is 9.55 Å². The van der Waals surface area contributed by atoms with Gasteiger partial charge in [-0.05, 0) is 17.5 Å². The van der Waals surface area contributed by atoms with E-state index in [4.69, 9.17) is 5.26 Å². The van der Waals surface area contributed by atoms with Crippen LogP contribution in [0.1, 0.15) is 28.9 Å². The first-order chi connectivity index (χ1) is 12.7. The summed E-state index contributed by atoms with van der Waals surface area (Å²) in [5.74, 6) is 0. The maximum absolute atomic E-state index is 10.1. The highest BCUT2D eigenvalue weighted by Crippen LogP contribution is 2.35. The van der Waals surface area contributed by atoms with Crippen molar-refractivity contribution in [1.29, 1.82) is 15.8 Å². The molecule has 0 radical (unpaired) electrons. The van der Waals surface area contributed by atoms with Crippen molar-refractivity contribution in [3.05, 3.63) is 89.5 Å². The molecule has 0 aliphatic carbocycles. The Morgan fingerprint density at radius 1 is 0.846 bits per heavy atom. The van der Waals surface area contributed by atoms with Gasteiger partial charge in [0.15, 0.2) is 11.4 Å². The second-order valence-corrected chi connectivity index (χ2v) is 5.86. The normalized spacial score (nSPS) is 10.5. The summed E-state index contributed by atoms with van der Waals surface area (Å²) in [4.78, 5) is 3.97. The number of hydrogen-bond acceptors (Lipinski definition) is 4. The third-order valence-corrected chi connectivity index (χ3v) is 4.50. The van der Waals surface area contributed by atoms with E-state index in [2.05, 4.69) is 11.1 Å². The average Bonchev–Trinajstić information content (AvgIpc) is 3.12. The maximum Gasteiger partial charge on any atom is 0.176 e. The zero-order valence-electron chi connectivity index (χ0n) is 14.0. The van der Waals surface area contributed by atoms with Gasteiger partial charge in [0, 0.05) is 6.54 Å². The lowest BCUT2D eigenvalue weighted by Gasteiger charge is -2.28. The summed E-state index contributed by atoms with van der Waals surface area (Å²) in [5, 5.41) is 28.5. The Bertz CT molecular complexity index is 975. The number of nitrogens with zero attached hydrogens (tertiary/aromatic N) is 5. The lowest BCUT2D eigenvalue weighted by molar-refractivity contribution is 0.518. The van der Waals surface area contributed by atoms with Crippen molar-refractivity contribution in [2.45, 2.75) is 18.4 Å². The highest BCUT2D eigenvalue weighted by molar-refractivity contribution is 5.46. The van der Waals surface area contributed by atoms with Crippen LogP contribution in [0.15, 0.2) is 67.0 Å². The van der Waals surface area contributed by atoms with Crippen LogP contribution in [0.4, 0.5) is 0 Å². The van der Waals surface area contributed by atoms with Crippen molar-refractivity contribution in [2.24, 2.45) is 0 Å². The molecule has 1 heterocycles. The Morgan fingerprint density at radius 2 is 1.42 bits per heavy atom. The SMILES string of the molecule is N#Cc1ncn(CCC(C#N)(c2ccccc2)c2ccccc2)c1C#N. The van der Waals surface area contributed by atoms with E-state index < -0.39 is 5.41 Å². The minimum Gasteiger partial charge on any atom is -0.321 e. The minimum atomic E-state index is -0.855. The summed E-state index contributed by atoms with van der Waals surface area (Å²) in [5.41, 5.74) is 1.27. The Balaban J connectivity index is 2.04. The minimum absolute atomic E-state index is 0.106. The number of imidazole rings is 1. The van der Waals surface area contributed by atoms with E-state index in [0.29, 0.717) is 13.0 Å². The van der Waals surface area contributed by atoms with Crippen LogP contribution in [0, 0.1) is 34.0 Å². The summed E-state index contributed by atoms with van der Waals surface area (Å²) in [6, 6.07) is 25.7. The third-order valence-electron chi connectivity index (χ3n) is 4.50. The molecule has 3 rings (SSSR count). The molecule has 0 spiro atoms. The highest BCUT2D eigenvalue weighted by Gasteiger charge is 2.34. The van der Waals surface area contributed by atoms with Gasteiger partial charge >= 0.3 is 0 Å². The summed E-state index contributed by atoms with van der Waals surface area (Å²) >= 11 is 0. The first-order valence-electron chi connectivity index (χ1n) is 8.13. The van der Waals surface area contributed by atoms with Crippen molar-refractivity contribution in [3.63, 3.8) is 0 Å². The average molecular weight is 337 g/mol. The molecule has 0 saturated carbocycles. The van der Waals surface area contributed by atoms with Crippen molar-refractivity contribution >= 4 is 0 Å². The van der Waals surface area contributed by atoms with E-state index in [1.165, 1.54) is 6.33 Å². The summed E-state index contributed by atoms with van der Waals surface area (Å²) < 4.78 is 1.64. The molecule has 0 saturated heterocycles. The predicted molar refractivity (Wildman–Crippen MR) is 95.6 cm³/mol. The Labute approximate surface area is 152 Å². The lowest BCUT2D eigenvalue weighted by Crippen LogP contribution is -2.27. The molecule has 124 valence electrons. The van der Waals surface area contributed by atoms with Gasteiger partial charge in [-0.1, -0.05) is 60.7 Å². The van der Waals surface area contributed by atoms with Crippen LogP contribution in [0.25, 0.3) is 0 Å². The molecular formula is C21H15N5. The molecule has 26 heavy (non-hydrogen) atoms. The van der Waals surface area contributed by atoms with Crippen LogP contribution in [-0.2, 0) is 12.0 Å². The zero-order chi connectivity index (χ0) is 18.4. The standard InChI is InChI=1S/C21H15N5/c22-13-19-20(14-23)26(16-25-19)12-11-21(15-24,17-7-3-1-4-8-17)18-9-5-2-6-10-18/h1-10,16H,11-12H2. The van der Waals surface area contributed by atoms with Gasteiger partial charge in [0.05, 0.1) is 12.4 Å². The number of benzene rings is 2. The number of rotatable bonds is 5. The molecule has 5 nitrogen and oxygen atoms in total. The van der Waals surface area contributed by atoms with Crippen LogP contribution in [0.2, 0.25) is 0 Å². The van der Waals surface area contributed by atoms with E-state index in [0.717, 1.165) is 11.1 Å². The maximum atomic E-state index is 10.1. The number of nitriles is 3. The molecule has 5 heteroatoms. The van der Waals surface area contributed by atoms with Crippen molar-refractivity contribution in [3.8, 4) is 18.2 Å². The smallest absolute Gasteiger partial charge is 0.176 e. The number of aromatic nitrogens is 2. The van der Waals surface area contributed by atoms with Gasteiger partial charge in [-0.15, -0.1) is 0 Å². The Hall–Kier alpha value is -3.88. The molecule has 0 atom stereocenters. The molecule has 1 aromatic heterocycles. The fourth-order valence-corrected chi connectivity index (χ4v) is 3.12. The monoisotopic (exact) mass is 337 g/mol. The van der Waals surface area contributed by atoms with Crippen LogP contribution in [0.3, 0.4) is 0 Å². The van der Waals surface area contributed by atoms with E-state index in [9.17, 15) is 10.5 Å². The third kappa shape index (κ3) is 2.93. The first-order valence-corrected chi connectivity index (χ1v) is 8.13. The van der Waals surface area contributed by atoms with Crippen LogP contribution < -0.4 is 0 Å². The molecule has 0 fully saturated rings.